The van der Waals surface area contributed by atoms with E-state index in [-0.39, 0.29) is 6.04 Å². The molecule has 0 saturated heterocycles. The fraction of sp³-hybridized carbons (Fsp3) is 0.700. The second-order valence-electron chi connectivity index (χ2n) is 6.57. The monoisotopic (exact) mass is 289 g/mol. The molecule has 0 fully saturated rings. The SMILES string of the molecule is CCCCCCCCCCCC(N)c1ccc(C)c(C)c1. The van der Waals surface area contributed by atoms with E-state index >= 15 is 0 Å². The van der Waals surface area contributed by atoms with Crippen LogP contribution in [0, 0.1) is 13.8 Å². The average Bonchev–Trinajstić information content (AvgIpc) is 2.48. The highest BCUT2D eigenvalue weighted by molar-refractivity contribution is 5.31. The number of benzene rings is 1. The Balaban J connectivity index is 2.08. The summed E-state index contributed by atoms with van der Waals surface area (Å²) < 4.78 is 0. The summed E-state index contributed by atoms with van der Waals surface area (Å²) in [6.45, 7) is 6.61. The summed E-state index contributed by atoms with van der Waals surface area (Å²) in [5.74, 6) is 0. The minimum absolute atomic E-state index is 0.217. The fourth-order valence-electron chi connectivity index (χ4n) is 2.84. The Morgan fingerprint density at radius 2 is 1.38 bits per heavy atom. The second-order valence-corrected chi connectivity index (χ2v) is 6.57. The molecule has 1 unspecified atom stereocenters. The summed E-state index contributed by atoms with van der Waals surface area (Å²) >= 11 is 0. The van der Waals surface area contributed by atoms with Gasteiger partial charge in [-0.15, -0.1) is 0 Å². The van der Waals surface area contributed by atoms with Crippen LogP contribution in [0.4, 0.5) is 0 Å². The molecule has 0 bridgehead atoms. The van der Waals surface area contributed by atoms with Crippen LogP contribution in [0.3, 0.4) is 0 Å². The molecule has 1 heteroatoms. The van der Waals surface area contributed by atoms with Gasteiger partial charge in [-0.3, -0.25) is 0 Å². The molecule has 0 spiro atoms. The molecule has 0 saturated carbocycles. The maximum atomic E-state index is 6.31. The Morgan fingerprint density at radius 3 is 1.95 bits per heavy atom. The zero-order valence-electron chi connectivity index (χ0n) is 14.5. The van der Waals surface area contributed by atoms with Gasteiger partial charge in [-0.2, -0.15) is 0 Å². The van der Waals surface area contributed by atoms with E-state index in [0.717, 1.165) is 6.42 Å². The lowest BCUT2D eigenvalue weighted by Crippen LogP contribution is -2.10. The van der Waals surface area contributed by atoms with Gasteiger partial charge in [0.2, 0.25) is 0 Å². The highest BCUT2D eigenvalue weighted by atomic mass is 14.6. The van der Waals surface area contributed by atoms with Gasteiger partial charge in [0, 0.05) is 6.04 Å². The van der Waals surface area contributed by atoms with Crippen LogP contribution in [0.1, 0.15) is 93.9 Å². The van der Waals surface area contributed by atoms with Crippen LogP contribution < -0.4 is 5.73 Å². The largest absolute Gasteiger partial charge is 0.324 e. The van der Waals surface area contributed by atoms with Crippen molar-refractivity contribution in [3.05, 3.63) is 34.9 Å². The first-order chi connectivity index (χ1) is 10.1. The van der Waals surface area contributed by atoms with Crippen LogP contribution in [0.2, 0.25) is 0 Å². The van der Waals surface area contributed by atoms with Crippen molar-refractivity contribution in [3.63, 3.8) is 0 Å². The van der Waals surface area contributed by atoms with Crippen LogP contribution in [-0.2, 0) is 0 Å². The van der Waals surface area contributed by atoms with E-state index in [1.54, 1.807) is 0 Å². The number of unbranched alkanes of at least 4 members (excludes halogenated alkanes) is 8. The van der Waals surface area contributed by atoms with Crippen LogP contribution in [-0.4, -0.2) is 0 Å². The average molecular weight is 290 g/mol. The normalized spacial score (nSPS) is 12.6. The number of aryl methyl sites for hydroxylation is 2. The molecule has 1 atom stereocenters. The minimum atomic E-state index is 0.217. The predicted molar refractivity (Wildman–Crippen MR) is 94.7 cm³/mol. The van der Waals surface area contributed by atoms with Crippen molar-refractivity contribution in [2.24, 2.45) is 5.73 Å². The molecule has 1 rings (SSSR count). The molecule has 0 aliphatic heterocycles. The van der Waals surface area contributed by atoms with Gasteiger partial charge in [0.15, 0.2) is 0 Å². The molecule has 2 N–H and O–H groups in total. The van der Waals surface area contributed by atoms with Crippen molar-refractivity contribution in [1.29, 1.82) is 0 Å². The van der Waals surface area contributed by atoms with Crippen LogP contribution in [0.25, 0.3) is 0 Å². The molecule has 0 heterocycles. The molecule has 0 radical (unpaired) electrons. The smallest absolute Gasteiger partial charge is 0.0294 e. The van der Waals surface area contributed by atoms with E-state index in [1.165, 1.54) is 74.5 Å². The van der Waals surface area contributed by atoms with Gasteiger partial charge < -0.3 is 5.73 Å². The van der Waals surface area contributed by atoms with E-state index in [4.69, 9.17) is 5.73 Å². The lowest BCUT2D eigenvalue weighted by Gasteiger charge is -2.13. The summed E-state index contributed by atoms with van der Waals surface area (Å²) in [6, 6.07) is 6.86. The predicted octanol–water partition coefficient (Wildman–Crippen LogP) is 6.22. The Morgan fingerprint density at radius 1 is 0.810 bits per heavy atom. The molecular formula is C20H35N. The van der Waals surface area contributed by atoms with E-state index in [1.807, 2.05) is 0 Å². The van der Waals surface area contributed by atoms with Gasteiger partial charge >= 0.3 is 0 Å². The highest BCUT2D eigenvalue weighted by Crippen LogP contribution is 2.20. The molecule has 0 aromatic heterocycles. The molecule has 1 aromatic rings. The maximum absolute atomic E-state index is 6.31. The third kappa shape index (κ3) is 7.66. The molecular weight excluding hydrogens is 254 g/mol. The lowest BCUT2D eigenvalue weighted by atomic mass is 9.97. The highest BCUT2D eigenvalue weighted by Gasteiger charge is 2.06. The standard InChI is InChI=1S/C20H35N/c1-4-5-6-7-8-9-10-11-12-13-20(21)19-15-14-17(2)18(3)16-19/h14-16,20H,4-13,21H2,1-3H3. The van der Waals surface area contributed by atoms with Gasteiger partial charge in [-0.05, 0) is 37.0 Å². The van der Waals surface area contributed by atoms with Crippen molar-refractivity contribution in [2.75, 3.05) is 0 Å². The van der Waals surface area contributed by atoms with Gasteiger partial charge in [0.1, 0.15) is 0 Å². The van der Waals surface area contributed by atoms with E-state index in [2.05, 4.69) is 39.0 Å². The van der Waals surface area contributed by atoms with Crippen LogP contribution >= 0.6 is 0 Å². The zero-order valence-corrected chi connectivity index (χ0v) is 14.5. The quantitative estimate of drug-likeness (QED) is 0.480. The van der Waals surface area contributed by atoms with Gasteiger partial charge in [-0.1, -0.05) is 82.9 Å². The van der Waals surface area contributed by atoms with Crippen LogP contribution in [0.15, 0.2) is 18.2 Å². The van der Waals surface area contributed by atoms with Crippen molar-refractivity contribution in [3.8, 4) is 0 Å². The van der Waals surface area contributed by atoms with Crippen LogP contribution in [0.5, 0.6) is 0 Å². The summed E-state index contributed by atoms with van der Waals surface area (Å²) in [6.07, 6.45) is 13.5. The Hall–Kier alpha value is -0.820. The first-order valence-corrected chi connectivity index (χ1v) is 8.98. The second kappa shape index (κ2) is 10.8. The Bertz CT molecular complexity index is 383. The molecule has 1 aromatic carbocycles. The number of hydrogen-bond acceptors (Lipinski definition) is 1. The lowest BCUT2D eigenvalue weighted by molar-refractivity contribution is 0.532. The summed E-state index contributed by atoms with van der Waals surface area (Å²) in [5.41, 5.74) is 10.3. The number of rotatable bonds is 11. The minimum Gasteiger partial charge on any atom is -0.324 e. The van der Waals surface area contributed by atoms with Gasteiger partial charge in [-0.25, -0.2) is 0 Å². The third-order valence-corrected chi connectivity index (χ3v) is 4.58. The first-order valence-electron chi connectivity index (χ1n) is 8.98. The topological polar surface area (TPSA) is 26.0 Å². The molecule has 0 aliphatic rings. The zero-order chi connectivity index (χ0) is 15.5. The number of hydrogen-bond donors (Lipinski definition) is 1. The summed E-state index contributed by atoms with van der Waals surface area (Å²) in [5, 5.41) is 0. The van der Waals surface area contributed by atoms with Gasteiger partial charge in [0.25, 0.3) is 0 Å². The molecule has 21 heavy (non-hydrogen) atoms. The van der Waals surface area contributed by atoms with E-state index in [9.17, 15) is 0 Å². The first kappa shape index (κ1) is 18.2. The fourth-order valence-corrected chi connectivity index (χ4v) is 2.84. The van der Waals surface area contributed by atoms with Gasteiger partial charge in [0.05, 0.1) is 0 Å². The molecule has 0 amide bonds. The molecule has 0 aliphatic carbocycles. The van der Waals surface area contributed by atoms with E-state index < -0.39 is 0 Å². The summed E-state index contributed by atoms with van der Waals surface area (Å²) in [7, 11) is 0. The Labute approximate surface area is 132 Å². The van der Waals surface area contributed by atoms with E-state index in [0.29, 0.717) is 0 Å². The number of nitrogens with two attached hydrogens (primary N) is 1. The van der Waals surface area contributed by atoms with Crippen molar-refractivity contribution < 1.29 is 0 Å². The third-order valence-electron chi connectivity index (χ3n) is 4.58. The maximum Gasteiger partial charge on any atom is 0.0294 e. The Kier molecular flexibility index (Phi) is 9.41. The van der Waals surface area contributed by atoms with Crippen molar-refractivity contribution >= 4 is 0 Å². The molecule has 120 valence electrons. The van der Waals surface area contributed by atoms with Crippen molar-refractivity contribution in [2.45, 2.75) is 91.0 Å². The summed E-state index contributed by atoms with van der Waals surface area (Å²) in [4.78, 5) is 0. The molecule has 1 nitrogen and oxygen atoms in total. The van der Waals surface area contributed by atoms with Crippen molar-refractivity contribution in [1.82, 2.24) is 0 Å².